The number of nitrogens with one attached hydrogen (secondary N) is 1. The van der Waals surface area contributed by atoms with Crippen molar-refractivity contribution in [3.05, 3.63) is 24.3 Å². The van der Waals surface area contributed by atoms with E-state index >= 15 is 0 Å². The van der Waals surface area contributed by atoms with E-state index in [0.29, 0.717) is 11.0 Å². The SMILES string of the molecule is COc1ccc(-c2nc(SC(C)C(=O)N(C(C)C)C(C)C)n[nH]2)cc1. The quantitative estimate of drug-likeness (QED) is 0.762. The fraction of sp³-hybridized carbons (Fsp3) is 0.500. The van der Waals surface area contributed by atoms with Gasteiger partial charge in [0.25, 0.3) is 0 Å². The lowest BCUT2D eigenvalue weighted by Crippen LogP contribution is -2.45. The predicted molar refractivity (Wildman–Crippen MR) is 101 cm³/mol. The summed E-state index contributed by atoms with van der Waals surface area (Å²) in [5.41, 5.74) is 0.921. The van der Waals surface area contributed by atoms with Crippen molar-refractivity contribution in [1.82, 2.24) is 20.1 Å². The summed E-state index contributed by atoms with van der Waals surface area (Å²) >= 11 is 1.37. The average Bonchev–Trinajstić information content (AvgIpc) is 3.02. The van der Waals surface area contributed by atoms with Crippen LogP contribution in [0.1, 0.15) is 34.6 Å². The van der Waals surface area contributed by atoms with Crippen LogP contribution in [-0.4, -0.2) is 50.4 Å². The van der Waals surface area contributed by atoms with E-state index in [1.807, 2.05) is 63.8 Å². The molecule has 2 aromatic rings. The van der Waals surface area contributed by atoms with Gasteiger partial charge in [-0.2, -0.15) is 0 Å². The van der Waals surface area contributed by atoms with Crippen molar-refractivity contribution < 1.29 is 9.53 Å². The van der Waals surface area contributed by atoms with E-state index in [0.717, 1.165) is 11.3 Å². The highest BCUT2D eigenvalue weighted by atomic mass is 32.2. The van der Waals surface area contributed by atoms with Gasteiger partial charge in [0.15, 0.2) is 5.82 Å². The summed E-state index contributed by atoms with van der Waals surface area (Å²) in [6.45, 7) is 10.0. The number of aromatic amines is 1. The maximum absolute atomic E-state index is 12.7. The van der Waals surface area contributed by atoms with Gasteiger partial charge in [-0.25, -0.2) is 4.98 Å². The van der Waals surface area contributed by atoms with Crippen molar-refractivity contribution in [3.63, 3.8) is 0 Å². The average molecular weight is 362 g/mol. The zero-order chi connectivity index (χ0) is 18.6. The fourth-order valence-corrected chi connectivity index (χ4v) is 3.48. The highest BCUT2D eigenvalue weighted by Gasteiger charge is 2.26. The lowest BCUT2D eigenvalue weighted by atomic mass is 10.2. The highest BCUT2D eigenvalue weighted by Crippen LogP contribution is 2.25. The van der Waals surface area contributed by atoms with Gasteiger partial charge < -0.3 is 9.64 Å². The van der Waals surface area contributed by atoms with E-state index in [4.69, 9.17) is 4.74 Å². The van der Waals surface area contributed by atoms with Crippen LogP contribution >= 0.6 is 11.8 Å². The Hall–Kier alpha value is -2.02. The molecule has 0 aliphatic heterocycles. The number of thioether (sulfide) groups is 1. The molecule has 0 fully saturated rings. The minimum atomic E-state index is -0.246. The number of carbonyl (C=O) groups excluding carboxylic acids is 1. The van der Waals surface area contributed by atoms with E-state index < -0.39 is 0 Å². The molecule has 1 heterocycles. The number of benzene rings is 1. The van der Waals surface area contributed by atoms with Crippen LogP contribution in [0, 0.1) is 0 Å². The van der Waals surface area contributed by atoms with Crippen LogP contribution in [0.15, 0.2) is 29.4 Å². The minimum absolute atomic E-state index is 0.103. The maximum atomic E-state index is 12.7. The number of hydrogen-bond acceptors (Lipinski definition) is 5. The zero-order valence-corrected chi connectivity index (χ0v) is 16.4. The predicted octanol–water partition coefficient (Wildman–Crippen LogP) is 3.61. The minimum Gasteiger partial charge on any atom is -0.497 e. The van der Waals surface area contributed by atoms with Gasteiger partial charge in [-0.15, -0.1) is 5.10 Å². The van der Waals surface area contributed by atoms with Crippen LogP contribution in [0.25, 0.3) is 11.4 Å². The van der Waals surface area contributed by atoms with Crippen molar-refractivity contribution in [2.75, 3.05) is 7.11 Å². The van der Waals surface area contributed by atoms with Crippen LogP contribution in [0.4, 0.5) is 0 Å². The normalized spacial score (nSPS) is 12.5. The van der Waals surface area contributed by atoms with Gasteiger partial charge in [0, 0.05) is 17.6 Å². The molecule has 1 unspecified atom stereocenters. The van der Waals surface area contributed by atoms with Crippen LogP contribution in [-0.2, 0) is 4.79 Å². The van der Waals surface area contributed by atoms with E-state index in [1.54, 1.807) is 7.11 Å². The summed E-state index contributed by atoms with van der Waals surface area (Å²) in [4.78, 5) is 19.1. The Kier molecular flexibility index (Phi) is 6.47. The number of rotatable bonds is 7. The molecule has 1 amide bonds. The first kappa shape index (κ1) is 19.3. The number of nitrogens with zero attached hydrogens (tertiary/aromatic N) is 3. The van der Waals surface area contributed by atoms with E-state index in [9.17, 15) is 4.79 Å². The van der Waals surface area contributed by atoms with E-state index in [-0.39, 0.29) is 23.2 Å². The first-order valence-corrected chi connectivity index (χ1v) is 9.27. The summed E-state index contributed by atoms with van der Waals surface area (Å²) in [6, 6.07) is 7.92. The number of ether oxygens (including phenoxy) is 1. The van der Waals surface area contributed by atoms with Crippen molar-refractivity contribution in [2.24, 2.45) is 0 Å². The molecule has 0 bridgehead atoms. The molecule has 2 rings (SSSR count). The van der Waals surface area contributed by atoms with Gasteiger partial charge in [-0.1, -0.05) is 11.8 Å². The summed E-state index contributed by atoms with van der Waals surface area (Å²) in [7, 11) is 1.63. The van der Waals surface area contributed by atoms with Gasteiger partial charge in [0.2, 0.25) is 11.1 Å². The molecule has 0 radical (unpaired) electrons. The Balaban J connectivity index is 2.08. The smallest absolute Gasteiger partial charge is 0.236 e. The van der Waals surface area contributed by atoms with Crippen molar-refractivity contribution in [2.45, 2.75) is 57.1 Å². The van der Waals surface area contributed by atoms with Gasteiger partial charge in [-0.3, -0.25) is 9.89 Å². The van der Waals surface area contributed by atoms with E-state index in [2.05, 4.69) is 15.2 Å². The number of H-pyrrole nitrogens is 1. The van der Waals surface area contributed by atoms with Crippen LogP contribution < -0.4 is 4.74 Å². The molecule has 1 atom stereocenters. The topological polar surface area (TPSA) is 71.1 Å². The second-order valence-electron chi connectivity index (χ2n) is 6.39. The third-order valence-electron chi connectivity index (χ3n) is 3.83. The summed E-state index contributed by atoms with van der Waals surface area (Å²) in [6.07, 6.45) is 0. The number of amides is 1. The van der Waals surface area contributed by atoms with Gasteiger partial charge in [0.05, 0.1) is 12.4 Å². The molecule has 6 nitrogen and oxygen atoms in total. The lowest BCUT2D eigenvalue weighted by Gasteiger charge is -2.32. The summed E-state index contributed by atoms with van der Waals surface area (Å²) < 4.78 is 5.16. The second-order valence-corrected chi connectivity index (χ2v) is 7.70. The first-order valence-electron chi connectivity index (χ1n) is 8.39. The summed E-state index contributed by atoms with van der Waals surface area (Å²) in [5.74, 6) is 1.57. The van der Waals surface area contributed by atoms with Crippen LogP contribution in [0.3, 0.4) is 0 Å². The van der Waals surface area contributed by atoms with E-state index in [1.165, 1.54) is 11.8 Å². The van der Waals surface area contributed by atoms with Crippen molar-refractivity contribution in [3.8, 4) is 17.1 Å². The number of hydrogen-bond donors (Lipinski definition) is 1. The molecule has 1 N–H and O–H groups in total. The Labute approximate surface area is 153 Å². The monoisotopic (exact) mass is 362 g/mol. The molecule has 25 heavy (non-hydrogen) atoms. The molecular formula is C18H26N4O2S. The molecule has 0 spiro atoms. The van der Waals surface area contributed by atoms with Crippen LogP contribution in [0.5, 0.6) is 5.75 Å². The molecule has 7 heteroatoms. The highest BCUT2D eigenvalue weighted by molar-refractivity contribution is 8.00. The molecule has 0 aliphatic rings. The van der Waals surface area contributed by atoms with Gasteiger partial charge in [-0.05, 0) is 58.9 Å². The Morgan fingerprint density at radius 1 is 1.12 bits per heavy atom. The standard InChI is InChI=1S/C18H26N4O2S/c1-11(2)22(12(3)4)17(23)13(5)25-18-19-16(20-21-18)14-7-9-15(24-6)10-8-14/h7-13H,1-6H3,(H,19,20,21). The molecule has 1 aromatic carbocycles. The maximum Gasteiger partial charge on any atom is 0.236 e. The molecule has 0 saturated heterocycles. The molecule has 136 valence electrons. The molecule has 0 aliphatic carbocycles. The fourth-order valence-electron chi connectivity index (χ4n) is 2.70. The molecule has 0 saturated carbocycles. The number of aromatic nitrogens is 3. The Morgan fingerprint density at radius 3 is 2.24 bits per heavy atom. The second kappa shape index (κ2) is 8.38. The van der Waals surface area contributed by atoms with Crippen molar-refractivity contribution in [1.29, 1.82) is 0 Å². The van der Waals surface area contributed by atoms with Gasteiger partial charge in [0.1, 0.15) is 5.75 Å². The largest absolute Gasteiger partial charge is 0.497 e. The Morgan fingerprint density at radius 2 is 1.72 bits per heavy atom. The third-order valence-corrected chi connectivity index (χ3v) is 4.77. The Bertz CT molecular complexity index is 689. The molecule has 1 aromatic heterocycles. The number of methoxy groups -OCH3 is 1. The van der Waals surface area contributed by atoms with Crippen LogP contribution in [0.2, 0.25) is 0 Å². The molecular weight excluding hydrogens is 336 g/mol. The van der Waals surface area contributed by atoms with Crippen molar-refractivity contribution >= 4 is 17.7 Å². The summed E-state index contributed by atoms with van der Waals surface area (Å²) in [5, 5.41) is 7.48. The zero-order valence-electron chi connectivity index (χ0n) is 15.6. The first-order chi connectivity index (χ1) is 11.8. The van der Waals surface area contributed by atoms with Gasteiger partial charge >= 0.3 is 0 Å². The lowest BCUT2D eigenvalue weighted by molar-refractivity contribution is -0.133. The number of carbonyl (C=O) groups is 1. The third kappa shape index (κ3) is 4.75.